The SMILES string of the molecule is CC1(C)c2cc(Cl)ccc2-c2ccc3c4ccccc4c4ccccc4c3c21. The number of halogens is 1. The third-order valence-corrected chi connectivity index (χ3v) is 6.71. The zero-order valence-corrected chi connectivity index (χ0v) is 16.6. The minimum atomic E-state index is -0.0969. The summed E-state index contributed by atoms with van der Waals surface area (Å²) in [6.45, 7) is 4.66. The molecule has 0 nitrogen and oxygen atoms in total. The fourth-order valence-electron chi connectivity index (χ4n) is 5.27. The molecule has 0 spiro atoms. The van der Waals surface area contributed by atoms with Gasteiger partial charge in [-0.15, -0.1) is 0 Å². The molecule has 28 heavy (non-hydrogen) atoms. The van der Waals surface area contributed by atoms with Crippen LogP contribution in [0, 0.1) is 0 Å². The van der Waals surface area contributed by atoms with E-state index < -0.39 is 0 Å². The molecule has 5 aromatic rings. The molecule has 0 N–H and O–H groups in total. The largest absolute Gasteiger partial charge is 0.0843 e. The van der Waals surface area contributed by atoms with Crippen LogP contribution in [-0.2, 0) is 5.41 Å². The van der Waals surface area contributed by atoms with Crippen LogP contribution in [0.1, 0.15) is 25.0 Å². The molecule has 0 saturated heterocycles. The second-order valence-electron chi connectivity index (χ2n) is 8.32. The van der Waals surface area contributed by atoms with Gasteiger partial charge in [0.1, 0.15) is 0 Å². The van der Waals surface area contributed by atoms with E-state index in [0.29, 0.717) is 0 Å². The molecule has 0 heterocycles. The Kier molecular flexibility index (Phi) is 3.10. The maximum atomic E-state index is 6.38. The Labute approximate surface area is 169 Å². The Balaban J connectivity index is 1.91. The number of benzene rings is 5. The standard InChI is InChI=1S/C27H19Cl/c1-27(2)24-15-16(28)11-12-20(24)23-14-13-22-19-9-4-3-7-17(19)18-8-5-6-10-21(18)25(22)26(23)27/h3-15H,1-2H3. The topological polar surface area (TPSA) is 0 Å². The van der Waals surface area contributed by atoms with Crippen molar-refractivity contribution in [2.75, 3.05) is 0 Å². The van der Waals surface area contributed by atoms with Crippen molar-refractivity contribution in [1.29, 1.82) is 0 Å². The number of fused-ring (bicyclic) bond motifs is 10. The molecular weight excluding hydrogens is 360 g/mol. The average molecular weight is 379 g/mol. The summed E-state index contributed by atoms with van der Waals surface area (Å²) in [6, 6.07) is 28.5. The first-order valence-electron chi connectivity index (χ1n) is 9.74. The first-order chi connectivity index (χ1) is 13.6. The van der Waals surface area contributed by atoms with Crippen molar-refractivity contribution in [1.82, 2.24) is 0 Å². The third-order valence-electron chi connectivity index (χ3n) is 6.48. The summed E-state index contributed by atoms with van der Waals surface area (Å²) in [5.41, 5.74) is 5.29. The average Bonchev–Trinajstić information content (AvgIpc) is 2.95. The minimum absolute atomic E-state index is 0.0969. The molecule has 1 aliphatic rings. The van der Waals surface area contributed by atoms with Crippen molar-refractivity contribution in [2.24, 2.45) is 0 Å². The molecular formula is C27H19Cl. The second kappa shape index (κ2) is 5.37. The molecule has 0 bridgehead atoms. The van der Waals surface area contributed by atoms with Crippen molar-refractivity contribution < 1.29 is 0 Å². The highest BCUT2D eigenvalue weighted by Gasteiger charge is 2.37. The lowest BCUT2D eigenvalue weighted by molar-refractivity contribution is 0.666. The van der Waals surface area contributed by atoms with Crippen LogP contribution >= 0.6 is 11.6 Å². The van der Waals surface area contributed by atoms with E-state index in [1.165, 1.54) is 54.6 Å². The van der Waals surface area contributed by atoms with Crippen LogP contribution in [0.25, 0.3) is 43.4 Å². The molecule has 6 rings (SSSR count). The van der Waals surface area contributed by atoms with Crippen LogP contribution in [-0.4, -0.2) is 0 Å². The van der Waals surface area contributed by atoms with Crippen molar-refractivity contribution in [3.05, 3.63) is 95.0 Å². The molecule has 0 aromatic heterocycles. The maximum absolute atomic E-state index is 6.38. The van der Waals surface area contributed by atoms with Crippen LogP contribution in [0.2, 0.25) is 5.02 Å². The van der Waals surface area contributed by atoms with Crippen LogP contribution in [0.3, 0.4) is 0 Å². The van der Waals surface area contributed by atoms with Gasteiger partial charge in [-0.25, -0.2) is 0 Å². The Hall–Kier alpha value is -2.83. The highest BCUT2D eigenvalue weighted by Crippen LogP contribution is 2.53. The maximum Gasteiger partial charge on any atom is 0.0409 e. The number of hydrogen-bond acceptors (Lipinski definition) is 0. The summed E-state index contributed by atoms with van der Waals surface area (Å²) < 4.78 is 0. The number of hydrogen-bond donors (Lipinski definition) is 0. The lowest BCUT2D eigenvalue weighted by Gasteiger charge is -2.24. The number of rotatable bonds is 0. The van der Waals surface area contributed by atoms with E-state index in [1.807, 2.05) is 6.07 Å². The van der Waals surface area contributed by atoms with Crippen molar-refractivity contribution >= 4 is 43.9 Å². The predicted octanol–water partition coefficient (Wildman–Crippen LogP) is 8.11. The molecule has 134 valence electrons. The quantitative estimate of drug-likeness (QED) is 0.239. The van der Waals surface area contributed by atoms with Crippen molar-refractivity contribution in [2.45, 2.75) is 19.3 Å². The van der Waals surface area contributed by atoms with E-state index in [9.17, 15) is 0 Å². The summed E-state index contributed by atoms with van der Waals surface area (Å²) >= 11 is 6.38. The zero-order chi connectivity index (χ0) is 19.0. The normalized spacial score (nSPS) is 14.5. The van der Waals surface area contributed by atoms with Gasteiger partial charge in [-0.1, -0.05) is 92.2 Å². The van der Waals surface area contributed by atoms with Gasteiger partial charge in [0.25, 0.3) is 0 Å². The van der Waals surface area contributed by atoms with Gasteiger partial charge < -0.3 is 0 Å². The van der Waals surface area contributed by atoms with E-state index in [0.717, 1.165) is 5.02 Å². The van der Waals surface area contributed by atoms with E-state index in [4.69, 9.17) is 11.6 Å². The summed E-state index contributed by atoms with van der Waals surface area (Å²) in [6.07, 6.45) is 0. The monoisotopic (exact) mass is 378 g/mol. The highest BCUT2D eigenvalue weighted by molar-refractivity contribution is 6.31. The summed E-state index contributed by atoms with van der Waals surface area (Å²) in [7, 11) is 0. The van der Waals surface area contributed by atoms with Crippen LogP contribution in [0.15, 0.2) is 78.9 Å². The molecule has 0 radical (unpaired) electrons. The van der Waals surface area contributed by atoms with E-state index in [-0.39, 0.29) is 5.41 Å². The Morgan fingerprint density at radius 2 is 1.14 bits per heavy atom. The Morgan fingerprint density at radius 3 is 1.82 bits per heavy atom. The van der Waals surface area contributed by atoms with Gasteiger partial charge in [0, 0.05) is 10.4 Å². The molecule has 0 atom stereocenters. The van der Waals surface area contributed by atoms with Gasteiger partial charge in [-0.3, -0.25) is 0 Å². The van der Waals surface area contributed by atoms with Gasteiger partial charge in [0.05, 0.1) is 0 Å². The minimum Gasteiger partial charge on any atom is -0.0843 e. The molecule has 1 heteroatoms. The van der Waals surface area contributed by atoms with Crippen molar-refractivity contribution in [3.8, 4) is 11.1 Å². The summed E-state index contributed by atoms with van der Waals surface area (Å²) in [4.78, 5) is 0. The predicted molar refractivity (Wildman–Crippen MR) is 122 cm³/mol. The van der Waals surface area contributed by atoms with E-state index in [1.54, 1.807) is 0 Å². The van der Waals surface area contributed by atoms with Crippen molar-refractivity contribution in [3.63, 3.8) is 0 Å². The molecule has 0 amide bonds. The zero-order valence-electron chi connectivity index (χ0n) is 15.9. The van der Waals surface area contributed by atoms with E-state index >= 15 is 0 Å². The van der Waals surface area contributed by atoms with Crippen LogP contribution in [0.4, 0.5) is 0 Å². The first kappa shape index (κ1) is 16.2. The third kappa shape index (κ3) is 1.91. The molecule has 0 unspecified atom stereocenters. The van der Waals surface area contributed by atoms with Gasteiger partial charge in [0.2, 0.25) is 0 Å². The van der Waals surface area contributed by atoms with Gasteiger partial charge in [-0.2, -0.15) is 0 Å². The lowest BCUT2D eigenvalue weighted by Crippen LogP contribution is -2.15. The molecule has 0 aliphatic heterocycles. The van der Waals surface area contributed by atoms with Gasteiger partial charge in [-0.05, 0) is 66.7 Å². The molecule has 0 saturated carbocycles. The fourth-order valence-corrected chi connectivity index (χ4v) is 5.44. The van der Waals surface area contributed by atoms with Gasteiger partial charge >= 0.3 is 0 Å². The molecule has 1 aliphatic carbocycles. The Morgan fingerprint density at radius 1 is 0.607 bits per heavy atom. The lowest BCUT2D eigenvalue weighted by atomic mass is 9.78. The van der Waals surface area contributed by atoms with E-state index in [2.05, 4.69) is 86.6 Å². The highest BCUT2D eigenvalue weighted by atomic mass is 35.5. The Bertz CT molecular complexity index is 1400. The van der Waals surface area contributed by atoms with Gasteiger partial charge in [0.15, 0.2) is 0 Å². The summed E-state index contributed by atoms with van der Waals surface area (Å²) in [5, 5.41) is 8.82. The second-order valence-corrected chi connectivity index (χ2v) is 8.75. The first-order valence-corrected chi connectivity index (χ1v) is 10.1. The smallest absolute Gasteiger partial charge is 0.0409 e. The molecule has 5 aromatic carbocycles. The van der Waals surface area contributed by atoms with Crippen LogP contribution < -0.4 is 0 Å². The fraction of sp³-hybridized carbons (Fsp3) is 0.111. The summed E-state index contributed by atoms with van der Waals surface area (Å²) in [5.74, 6) is 0. The van der Waals surface area contributed by atoms with Crippen LogP contribution in [0.5, 0.6) is 0 Å². The molecule has 0 fully saturated rings.